The van der Waals surface area contributed by atoms with Crippen molar-refractivity contribution in [2.75, 3.05) is 24.6 Å². The van der Waals surface area contributed by atoms with Crippen LogP contribution in [0.5, 0.6) is 5.75 Å². The number of benzene rings is 1. The Morgan fingerprint density at radius 3 is 2.62 bits per heavy atom. The van der Waals surface area contributed by atoms with E-state index in [1.165, 1.54) is 32.0 Å². The highest BCUT2D eigenvalue weighted by Crippen LogP contribution is 2.38. The van der Waals surface area contributed by atoms with E-state index in [0.717, 1.165) is 50.4 Å². The predicted octanol–water partition coefficient (Wildman–Crippen LogP) is 3.82. The van der Waals surface area contributed by atoms with Gasteiger partial charge in [-0.15, -0.1) is 0 Å². The van der Waals surface area contributed by atoms with Crippen molar-refractivity contribution in [3.05, 3.63) is 24.3 Å². The number of aldehydes is 1. The van der Waals surface area contributed by atoms with Gasteiger partial charge in [-0.25, -0.2) is 0 Å². The third-order valence-corrected chi connectivity index (χ3v) is 4.89. The largest absolute Gasteiger partial charge is 0.491 e. The molecule has 1 aliphatic heterocycles. The fourth-order valence-electron chi connectivity index (χ4n) is 3.69. The van der Waals surface area contributed by atoms with Crippen molar-refractivity contribution in [3.8, 4) is 5.75 Å². The average Bonchev–Trinajstić information content (AvgIpc) is 2.87. The highest BCUT2D eigenvalue weighted by molar-refractivity contribution is 5.64. The molecule has 0 spiro atoms. The molecule has 1 aromatic carbocycles. The maximum atomic E-state index is 11.8. The average molecular weight is 287 g/mol. The molecule has 0 radical (unpaired) electrons. The third-order valence-electron chi connectivity index (χ3n) is 4.89. The maximum absolute atomic E-state index is 11.8. The Morgan fingerprint density at radius 2 is 1.86 bits per heavy atom. The summed E-state index contributed by atoms with van der Waals surface area (Å²) in [7, 11) is 0. The second-order valence-electron chi connectivity index (χ2n) is 6.49. The van der Waals surface area contributed by atoms with Gasteiger partial charge in [-0.2, -0.15) is 0 Å². The fourth-order valence-corrected chi connectivity index (χ4v) is 3.69. The quantitative estimate of drug-likeness (QED) is 0.625. The summed E-state index contributed by atoms with van der Waals surface area (Å²) >= 11 is 0. The van der Waals surface area contributed by atoms with Crippen LogP contribution in [0.4, 0.5) is 5.69 Å². The Labute approximate surface area is 127 Å². The van der Waals surface area contributed by atoms with E-state index in [2.05, 4.69) is 17.0 Å². The first-order chi connectivity index (χ1) is 10.3. The molecule has 0 aromatic heterocycles. The van der Waals surface area contributed by atoms with E-state index in [-0.39, 0.29) is 5.41 Å². The summed E-state index contributed by atoms with van der Waals surface area (Å²) in [5.74, 6) is 0.963. The number of para-hydroxylation sites is 2. The summed E-state index contributed by atoms with van der Waals surface area (Å²) < 4.78 is 5.83. The first-order valence-corrected chi connectivity index (χ1v) is 8.26. The molecule has 1 aromatic rings. The van der Waals surface area contributed by atoms with Gasteiger partial charge in [0.25, 0.3) is 0 Å². The molecule has 114 valence electrons. The number of hydrogen-bond acceptors (Lipinski definition) is 3. The molecular weight excluding hydrogens is 262 g/mol. The van der Waals surface area contributed by atoms with Gasteiger partial charge >= 0.3 is 0 Å². The molecule has 3 nitrogen and oxygen atoms in total. The normalized spacial score (nSPS) is 21.6. The first kappa shape index (κ1) is 14.4. The zero-order chi connectivity index (χ0) is 14.5. The van der Waals surface area contributed by atoms with Crippen molar-refractivity contribution >= 4 is 12.0 Å². The van der Waals surface area contributed by atoms with E-state index >= 15 is 0 Å². The molecule has 21 heavy (non-hydrogen) atoms. The van der Waals surface area contributed by atoms with Crippen LogP contribution in [0, 0.1) is 5.41 Å². The molecule has 0 bridgehead atoms. The summed E-state index contributed by atoms with van der Waals surface area (Å²) in [6.07, 6.45) is 9.25. The van der Waals surface area contributed by atoms with Crippen LogP contribution >= 0.6 is 0 Å². The van der Waals surface area contributed by atoms with Crippen molar-refractivity contribution in [2.24, 2.45) is 5.41 Å². The third kappa shape index (κ3) is 3.22. The molecule has 0 N–H and O–H groups in total. The molecule has 1 aliphatic carbocycles. The first-order valence-electron chi connectivity index (χ1n) is 8.26. The van der Waals surface area contributed by atoms with E-state index in [0.29, 0.717) is 0 Å². The van der Waals surface area contributed by atoms with Crippen LogP contribution in [0.1, 0.15) is 44.9 Å². The number of carbonyl (C=O) groups is 1. The summed E-state index contributed by atoms with van der Waals surface area (Å²) in [6, 6.07) is 8.23. The lowest BCUT2D eigenvalue weighted by Crippen LogP contribution is -2.39. The highest BCUT2D eigenvalue weighted by Gasteiger charge is 2.33. The predicted molar refractivity (Wildman–Crippen MR) is 85.0 cm³/mol. The lowest BCUT2D eigenvalue weighted by atomic mass is 9.81. The molecule has 3 rings (SSSR count). The Balaban J connectivity index is 1.83. The van der Waals surface area contributed by atoms with Gasteiger partial charge in [-0.05, 0) is 31.4 Å². The summed E-state index contributed by atoms with van der Waals surface area (Å²) in [5, 5.41) is 0. The van der Waals surface area contributed by atoms with Crippen LogP contribution in [0.25, 0.3) is 0 Å². The summed E-state index contributed by atoms with van der Waals surface area (Å²) in [5.41, 5.74) is 0.994. The Kier molecular flexibility index (Phi) is 4.47. The highest BCUT2D eigenvalue weighted by atomic mass is 16.5. The lowest BCUT2D eigenvalue weighted by molar-refractivity contribution is -0.116. The van der Waals surface area contributed by atoms with Gasteiger partial charge in [0.15, 0.2) is 0 Å². The lowest BCUT2D eigenvalue weighted by Gasteiger charge is -2.34. The van der Waals surface area contributed by atoms with Gasteiger partial charge < -0.3 is 14.4 Å². The zero-order valence-corrected chi connectivity index (χ0v) is 12.7. The number of nitrogens with zero attached hydrogens (tertiary/aromatic N) is 1. The minimum atomic E-state index is -0.159. The topological polar surface area (TPSA) is 29.5 Å². The number of rotatable bonds is 3. The monoisotopic (exact) mass is 287 g/mol. The van der Waals surface area contributed by atoms with Gasteiger partial charge in [0.05, 0.1) is 12.3 Å². The molecule has 2 aliphatic rings. The van der Waals surface area contributed by atoms with Crippen LogP contribution in [-0.4, -0.2) is 26.0 Å². The molecule has 0 amide bonds. The second-order valence-corrected chi connectivity index (χ2v) is 6.49. The fraction of sp³-hybridized carbons (Fsp3) is 0.611. The number of anilines is 1. The smallest absolute Gasteiger partial charge is 0.142 e. The van der Waals surface area contributed by atoms with E-state index in [9.17, 15) is 4.79 Å². The molecule has 1 saturated carbocycles. The summed E-state index contributed by atoms with van der Waals surface area (Å²) in [6.45, 7) is 2.59. The Bertz CT molecular complexity index is 478. The van der Waals surface area contributed by atoms with Crippen LogP contribution in [0.2, 0.25) is 0 Å². The number of fused-ring (bicyclic) bond motifs is 1. The SMILES string of the molecule is O=CC1(CN2CCCOc3ccccc32)CCCCCC1. The molecule has 1 fully saturated rings. The van der Waals surface area contributed by atoms with Gasteiger partial charge in [0, 0.05) is 18.5 Å². The van der Waals surface area contributed by atoms with Crippen molar-refractivity contribution in [1.29, 1.82) is 0 Å². The van der Waals surface area contributed by atoms with Crippen molar-refractivity contribution in [2.45, 2.75) is 44.9 Å². The number of ether oxygens (including phenoxy) is 1. The zero-order valence-electron chi connectivity index (χ0n) is 12.7. The van der Waals surface area contributed by atoms with Crippen molar-refractivity contribution < 1.29 is 9.53 Å². The van der Waals surface area contributed by atoms with Crippen LogP contribution in [-0.2, 0) is 4.79 Å². The molecular formula is C18H25NO2. The number of carbonyl (C=O) groups excluding carboxylic acids is 1. The van der Waals surface area contributed by atoms with E-state index < -0.39 is 0 Å². The maximum Gasteiger partial charge on any atom is 0.142 e. The van der Waals surface area contributed by atoms with Crippen molar-refractivity contribution in [1.82, 2.24) is 0 Å². The molecule has 1 heterocycles. The van der Waals surface area contributed by atoms with Gasteiger partial charge in [-0.3, -0.25) is 0 Å². The van der Waals surface area contributed by atoms with Crippen LogP contribution < -0.4 is 9.64 Å². The summed E-state index contributed by atoms with van der Waals surface area (Å²) in [4.78, 5) is 14.2. The minimum Gasteiger partial charge on any atom is -0.491 e. The molecule has 0 unspecified atom stereocenters. The molecule has 0 saturated heterocycles. The Hall–Kier alpha value is -1.51. The second kappa shape index (κ2) is 6.50. The van der Waals surface area contributed by atoms with Crippen LogP contribution in [0.15, 0.2) is 24.3 Å². The minimum absolute atomic E-state index is 0.159. The van der Waals surface area contributed by atoms with E-state index in [1.54, 1.807) is 0 Å². The van der Waals surface area contributed by atoms with Gasteiger partial charge in [0.2, 0.25) is 0 Å². The standard InChI is InChI=1S/C18H25NO2/c20-15-18(10-5-1-2-6-11-18)14-19-12-7-13-21-17-9-4-3-8-16(17)19/h3-4,8-9,15H,1-2,5-7,10-14H2. The Morgan fingerprint density at radius 1 is 1.10 bits per heavy atom. The van der Waals surface area contributed by atoms with Crippen LogP contribution in [0.3, 0.4) is 0 Å². The van der Waals surface area contributed by atoms with E-state index in [4.69, 9.17) is 4.74 Å². The molecule has 0 atom stereocenters. The van der Waals surface area contributed by atoms with E-state index in [1.807, 2.05) is 12.1 Å². The van der Waals surface area contributed by atoms with Gasteiger partial charge in [0.1, 0.15) is 12.0 Å². The number of hydrogen-bond donors (Lipinski definition) is 0. The van der Waals surface area contributed by atoms with Gasteiger partial charge in [-0.1, -0.05) is 37.8 Å². The molecule has 3 heteroatoms. The van der Waals surface area contributed by atoms with Crippen molar-refractivity contribution in [3.63, 3.8) is 0 Å².